The highest BCUT2D eigenvalue weighted by atomic mass is 32.2. The fourth-order valence-electron chi connectivity index (χ4n) is 8.77. The Labute approximate surface area is 345 Å². The van der Waals surface area contributed by atoms with Crippen molar-refractivity contribution in [3.63, 3.8) is 0 Å². The summed E-state index contributed by atoms with van der Waals surface area (Å²) in [4.78, 5) is 18.1. The molecule has 0 saturated heterocycles. The number of anilines is 1. The Morgan fingerprint density at radius 3 is 2.29 bits per heavy atom. The number of para-hydroxylation sites is 2. The number of methoxy groups -OCH3 is 1. The number of benzene rings is 3. The number of unbranched alkanes of at least 4 members (excludes halogenated alkanes) is 3. The van der Waals surface area contributed by atoms with Crippen LogP contribution in [0.2, 0.25) is 0 Å². The molecule has 0 bridgehead atoms. The Kier molecular flexibility index (Phi) is 13.6. The van der Waals surface area contributed by atoms with Crippen molar-refractivity contribution < 1.29 is 31.8 Å². The van der Waals surface area contributed by atoms with Gasteiger partial charge in [0, 0.05) is 54.6 Å². The van der Waals surface area contributed by atoms with Gasteiger partial charge in [-0.2, -0.15) is 13.0 Å². The van der Waals surface area contributed by atoms with E-state index in [0.717, 1.165) is 72.4 Å². The highest BCUT2D eigenvalue weighted by Crippen LogP contribution is 2.48. The second kappa shape index (κ2) is 18.4. The number of allylic oxidation sites excluding steroid dienone is 7. The van der Waals surface area contributed by atoms with Gasteiger partial charge in [-0.25, -0.2) is 4.79 Å². The van der Waals surface area contributed by atoms with Crippen molar-refractivity contribution in [1.29, 1.82) is 0 Å². The zero-order chi connectivity index (χ0) is 41.5. The number of ether oxygens (including phenoxy) is 2. The van der Waals surface area contributed by atoms with Crippen molar-refractivity contribution in [2.24, 2.45) is 0 Å². The summed E-state index contributed by atoms with van der Waals surface area (Å²) >= 11 is 0. The number of hydrogen-bond acceptors (Lipinski definition) is 6. The van der Waals surface area contributed by atoms with Crippen LogP contribution in [0.25, 0.3) is 0 Å². The predicted octanol–water partition coefficient (Wildman–Crippen LogP) is 10.4. The van der Waals surface area contributed by atoms with Gasteiger partial charge in [0.05, 0.1) is 23.4 Å². The Balaban J connectivity index is 1.47. The summed E-state index contributed by atoms with van der Waals surface area (Å²) in [5.74, 6) is -0.269. The summed E-state index contributed by atoms with van der Waals surface area (Å²) < 4.78 is 45.8. The van der Waals surface area contributed by atoms with Gasteiger partial charge >= 0.3 is 6.09 Å². The molecular formula is C48H60N3O6S+. The molecule has 308 valence electrons. The van der Waals surface area contributed by atoms with E-state index in [1.807, 2.05) is 36.4 Å². The highest BCUT2D eigenvalue weighted by molar-refractivity contribution is 7.85. The van der Waals surface area contributed by atoms with Crippen molar-refractivity contribution in [2.45, 2.75) is 96.9 Å². The second-order valence-electron chi connectivity index (χ2n) is 16.5. The maximum atomic E-state index is 14.1. The third kappa shape index (κ3) is 9.41. The Hall–Kier alpha value is -4.77. The summed E-state index contributed by atoms with van der Waals surface area (Å²) in [6.07, 6.45) is 14.2. The first-order valence-electron chi connectivity index (χ1n) is 20.6. The molecule has 3 aliphatic rings. The number of rotatable bonds is 17. The SMILES string of the molecule is CCCCC[N+]1=C(/C=C/C2=C(N(Cc3ccccc3)C(=O)OCOC)C(=C/C=C3/N(CCCCS(=O)(=O)O)c4ccccc4C3(C)C)/CC2)C(C)(C)c2ccccc21. The molecule has 1 aliphatic carbocycles. The van der Waals surface area contributed by atoms with E-state index in [4.69, 9.17) is 9.47 Å². The van der Waals surface area contributed by atoms with Crippen molar-refractivity contribution in [1.82, 2.24) is 4.90 Å². The maximum absolute atomic E-state index is 14.1. The van der Waals surface area contributed by atoms with Gasteiger partial charge in [-0.05, 0) is 80.4 Å². The van der Waals surface area contributed by atoms with Crippen LogP contribution in [0.5, 0.6) is 0 Å². The zero-order valence-electron chi connectivity index (χ0n) is 35.0. The molecule has 0 aromatic heterocycles. The Morgan fingerprint density at radius 2 is 1.57 bits per heavy atom. The normalized spacial score (nSPS) is 18.5. The van der Waals surface area contributed by atoms with E-state index in [-0.39, 0.29) is 23.4 Å². The van der Waals surface area contributed by atoms with Crippen LogP contribution in [0.4, 0.5) is 16.2 Å². The summed E-state index contributed by atoms with van der Waals surface area (Å²) in [5, 5.41) is 0. The lowest BCUT2D eigenvalue weighted by molar-refractivity contribution is -0.438. The minimum atomic E-state index is -4.04. The predicted molar refractivity (Wildman–Crippen MR) is 233 cm³/mol. The number of carbonyl (C=O) groups is 1. The molecule has 3 aromatic carbocycles. The second-order valence-corrected chi connectivity index (χ2v) is 18.1. The van der Waals surface area contributed by atoms with Crippen molar-refractivity contribution in [3.8, 4) is 0 Å². The summed E-state index contributed by atoms with van der Waals surface area (Å²) in [7, 11) is -2.53. The average Bonchev–Trinajstić information content (AvgIpc) is 3.77. The first-order valence-corrected chi connectivity index (χ1v) is 22.3. The van der Waals surface area contributed by atoms with Gasteiger partial charge in [-0.1, -0.05) is 106 Å². The van der Waals surface area contributed by atoms with Gasteiger partial charge in [0.15, 0.2) is 12.5 Å². The van der Waals surface area contributed by atoms with Gasteiger partial charge in [-0.3, -0.25) is 9.45 Å². The first-order chi connectivity index (χ1) is 27.8. The molecular weight excluding hydrogens is 747 g/mol. The van der Waals surface area contributed by atoms with E-state index >= 15 is 0 Å². The summed E-state index contributed by atoms with van der Waals surface area (Å²) in [5.41, 5.74) is 10.5. The van der Waals surface area contributed by atoms with Crippen molar-refractivity contribution in [2.75, 3.05) is 37.6 Å². The smallest absolute Gasteiger partial charge is 0.416 e. The lowest BCUT2D eigenvalue weighted by atomic mass is 9.81. The standard InChI is InChI=1S/C48H59N3O6S/c1-7-8-16-31-49-41-23-14-12-21-39(41)47(2,3)43(49)29-27-37-25-26-38(45(37)51(46(52)57-35-56-6)34-36-19-10-9-11-20-36)28-30-44-48(4,5)40-22-13-15-24-42(40)50(44)32-17-18-33-58(53,54)55/h9-15,19-24,27-30H,7-8,16-18,25-26,31-35H2,1-6H3/p+1. The molecule has 0 saturated carbocycles. The minimum absolute atomic E-state index is 0.165. The van der Waals surface area contributed by atoms with Crippen LogP contribution in [0.15, 0.2) is 126 Å². The summed E-state index contributed by atoms with van der Waals surface area (Å²) in [6.45, 7) is 12.9. The molecule has 0 atom stereocenters. The van der Waals surface area contributed by atoms with Gasteiger partial charge < -0.3 is 14.4 Å². The van der Waals surface area contributed by atoms with E-state index in [9.17, 15) is 17.8 Å². The molecule has 3 aromatic rings. The number of carbonyl (C=O) groups excluding carboxylic acids is 1. The molecule has 0 radical (unpaired) electrons. The van der Waals surface area contributed by atoms with Gasteiger partial charge in [-0.15, -0.1) is 0 Å². The average molecular weight is 807 g/mol. The van der Waals surface area contributed by atoms with E-state index < -0.39 is 16.2 Å². The number of hydrogen-bond donors (Lipinski definition) is 1. The molecule has 6 rings (SSSR count). The van der Waals surface area contributed by atoms with Gasteiger partial charge in [0.25, 0.3) is 10.1 Å². The van der Waals surface area contributed by atoms with Crippen LogP contribution in [-0.2, 0) is 37.0 Å². The topological polar surface area (TPSA) is 99.4 Å². The van der Waals surface area contributed by atoms with Gasteiger partial charge in [0.2, 0.25) is 5.69 Å². The summed E-state index contributed by atoms with van der Waals surface area (Å²) in [6, 6.07) is 27.0. The molecule has 10 heteroatoms. The molecule has 0 spiro atoms. The molecule has 9 nitrogen and oxygen atoms in total. The van der Waals surface area contributed by atoms with Crippen LogP contribution >= 0.6 is 0 Å². The van der Waals surface area contributed by atoms with Crippen LogP contribution in [0.3, 0.4) is 0 Å². The quantitative estimate of drug-likeness (QED) is 0.0628. The molecule has 2 heterocycles. The Morgan fingerprint density at radius 1 is 0.862 bits per heavy atom. The fourth-order valence-corrected chi connectivity index (χ4v) is 9.34. The van der Waals surface area contributed by atoms with Crippen LogP contribution in [0, 0.1) is 0 Å². The van der Waals surface area contributed by atoms with Crippen LogP contribution in [-0.4, -0.2) is 67.0 Å². The Bertz CT molecular complexity index is 2230. The van der Waals surface area contributed by atoms with Crippen LogP contribution in [0.1, 0.15) is 96.3 Å². The van der Waals surface area contributed by atoms with E-state index in [1.54, 1.807) is 4.90 Å². The molecule has 1 N–H and O–H groups in total. The van der Waals surface area contributed by atoms with Crippen molar-refractivity contribution >= 4 is 33.3 Å². The van der Waals surface area contributed by atoms with Crippen LogP contribution < -0.4 is 4.90 Å². The van der Waals surface area contributed by atoms with Crippen molar-refractivity contribution in [3.05, 3.63) is 142 Å². The first kappa shape index (κ1) is 42.8. The minimum Gasteiger partial charge on any atom is -0.422 e. The number of amides is 1. The number of nitrogens with zero attached hydrogens (tertiary/aromatic N) is 3. The zero-order valence-corrected chi connectivity index (χ0v) is 35.9. The largest absolute Gasteiger partial charge is 0.422 e. The lowest BCUT2D eigenvalue weighted by Gasteiger charge is -2.28. The molecule has 0 unspecified atom stereocenters. The van der Waals surface area contributed by atoms with E-state index in [2.05, 4.69) is 111 Å². The van der Waals surface area contributed by atoms with Gasteiger partial charge in [0.1, 0.15) is 6.54 Å². The van der Waals surface area contributed by atoms with E-state index in [0.29, 0.717) is 25.9 Å². The number of fused-ring (bicyclic) bond motifs is 2. The lowest BCUT2D eigenvalue weighted by Crippen LogP contribution is -2.32. The fraction of sp³-hybridized carbons (Fsp3) is 0.417. The third-order valence-electron chi connectivity index (χ3n) is 11.7. The molecule has 1 amide bonds. The highest BCUT2D eigenvalue weighted by Gasteiger charge is 2.44. The maximum Gasteiger partial charge on any atom is 0.416 e. The molecule has 58 heavy (non-hydrogen) atoms. The molecule has 0 fully saturated rings. The molecule has 2 aliphatic heterocycles. The monoisotopic (exact) mass is 806 g/mol. The third-order valence-corrected chi connectivity index (χ3v) is 12.6. The van der Waals surface area contributed by atoms with E-state index in [1.165, 1.54) is 29.6 Å².